The fourth-order valence-electron chi connectivity index (χ4n) is 2.56. The van der Waals surface area contributed by atoms with E-state index in [0.717, 1.165) is 29.9 Å². The zero-order valence-electron chi connectivity index (χ0n) is 11.7. The molecule has 3 rings (SSSR count). The summed E-state index contributed by atoms with van der Waals surface area (Å²) in [4.78, 5) is 32.2. The molecule has 7 heteroatoms. The maximum atomic E-state index is 11.7. The van der Waals surface area contributed by atoms with Crippen molar-refractivity contribution in [3.63, 3.8) is 0 Å². The van der Waals surface area contributed by atoms with Crippen LogP contribution in [0.1, 0.15) is 18.7 Å². The monoisotopic (exact) mass is 287 g/mol. The standard InChI is InChI=1S/C14H17N5O2/c1-8(13(20)18-14(15)21)19-6-9(7-19)12-16-10-4-2-3-5-11(10)17-12/h2-5,8-9H,6-7H2,1H3,(H,16,17)(H3,15,18,20,21). The van der Waals surface area contributed by atoms with Crippen LogP contribution in [0.25, 0.3) is 11.0 Å². The van der Waals surface area contributed by atoms with Crippen molar-refractivity contribution in [3.8, 4) is 0 Å². The number of likely N-dealkylation sites (tertiary alicyclic amines) is 1. The van der Waals surface area contributed by atoms with E-state index >= 15 is 0 Å². The van der Waals surface area contributed by atoms with Gasteiger partial charge in [-0.1, -0.05) is 12.1 Å². The smallest absolute Gasteiger partial charge is 0.318 e. The van der Waals surface area contributed by atoms with Gasteiger partial charge in [0.05, 0.1) is 17.1 Å². The second-order valence-electron chi connectivity index (χ2n) is 5.32. The number of imidazole rings is 1. The number of H-pyrrole nitrogens is 1. The van der Waals surface area contributed by atoms with Crippen LogP contribution in [0.4, 0.5) is 4.79 Å². The Kier molecular flexibility index (Phi) is 3.34. The molecule has 2 aromatic rings. The van der Waals surface area contributed by atoms with Crippen LogP contribution in [-0.2, 0) is 4.79 Å². The minimum Gasteiger partial charge on any atom is -0.351 e. The molecule has 2 heterocycles. The summed E-state index contributed by atoms with van der Waals surface area (Å²) in [6.45, 7) is 3.22. The Labute approximate surface area is 121 Å². The molecule has 1 saturated heterocycles. The number of imide groups is 1. The van der Waals surface area contributed by atoms with Crippen LogP contribution in [0, 0.1) is 0 Å². The highest BCUT2D eigenvalue weighted by Crippen LogP contribution is 2.28. The first-order chi connectivity index (χ1) is 10.0. The van der Waals surface area contributed by atoms with Crippen LogP contribution < -0.4 is 11.1 Å². The molecule has 0 spiro atoms. The van der Waals surface area contributed by atoms with E-state index in [1.54, 1.807) is 6.92 Å². The fourth-order valence-corrected chi connectivity index (χ4v) is 2.56. The van der Waals surface area contributed by atoms with Crippen molar-refractivity contribution in [3.05, 3.63) is 30.1 Å². The summed E-state index contributed by atoms with van der Waals surface area (Å²) in [5.74, 6) is 0.849. The van der Waals surface area contributed by atoms with E-state index in [1.165, 1.54) is 0 Å². The van der Waals surface area contributed by atoms with Gasteiger partial charge in [0.1, 0.15) is 5.82 Å². The maximum Gasteiger partial charge on any atom is 0.318 e. The van der Waals surface area contributed by atoms with E-state index in [9.17, 15) is 9.59 Å². The predicted molar refractivity (Wildman–Crippen MR) is 77.6 cm³/mol. The number of rotatable bonds is 3. The Balaban J connectivity index is 1.62. The number of urea groups is 1. The van der Waals surface area contributed by atoms with Gasteiger partial charge in [-0.05, 0) is 19.1 Å². The summed E-state index contributed by atoms with van der Waals surface area (Å²) in [6.07, 6.45) is 0. The second kappa shape index (κ2) is 5.17. The summed E-state index contributed by atoms with van der Waals surface area (Å²) < 4.78 is 0. The molecule has 1 atom stereocenters. The maximum absolute atomic E-state index is 11.7. The molecule has 110 valence electrons. The molecule has 1 aliphatic rings. The first kappa shape index (κ1) is 13.6. The van der Waals surface area contributed by atoms with Gasteiger partial charge in [0.15, 0.2) is 0 Å². The van der Waals surface area contributed by atoms with Crippen molar-refractivity contribution in [1.29, 1.82) is 0 Å². The number of primary amides is 1. The van der Waals surface area contributed by atoms with E-state index in [2.05, 4.69) is 15.3 Å². The molecule has 1 aromatic heterocycles. The molecule has 4 N–H and O–H groups in total. The number of fused-ring (bicyclic) bond motifs is 1. The lowest BCUT2D eigenvalue weighted by atomic mass is 9.97. The average molecular weight is 287 g/mol. The Morgan fingerprint density at radius 1 is 1.43 bits per heavy atom. The Morgan fingerprint density at radius 2 is 2.14 bits per heavy atom. The highest BCUT2D eigenvalue weighted by Gasteiger charge is 2.36. The van der Waals surface area contributed by atoms with Crippen molar-refractivity contribution in [2.24, 2.45) is 5.73 Å². The predicted octanol–water partition coefficient (Wildman–Crippen LogP) is 0.545. The van der Waals surface area contributed by atoms with Crippen LogP contribution in [0.15, 0.2) is 24.3 Å². The molecular weight excluding hydrogens is 270 g/mol. The molecule has 7 nitrogen and oxygen atoms in total. The quantitative estimate of drug-likeness (QED) is 0.766. The summed E-state index contributed by atoms with van der Waals surface area (Å²) >= 11 is 0. The first-order valence-electron chi connectivity index (χ1n) is 6.83. The molecule has 1 fully saturated rings. The Hall–Kier alpha value is -2.41. The van der Waals surface area contributed by atoms with Crippen molar-refractivity contribution >= 4 is 23.0 Å². The van der Waals surface area contributed by atoms with Gasteiger partial charge in [-0.2, -0.15) is 0 Å². The SMILES string of the molecule is CC(C(=O)NC(N)=O)N1CC(c2nc3ccccc3[nH]2)C1. The van der Waals surface area contributed by atoms with Crippen molar-refractivity contribution in [2.75, 3.05) is 13.1 Å². The third-order valence-electron chi connectivity index (χ3n) is 3.88. The van der Waals surface area contributed by atoms with Crippen LogP contribution in [-0.4, -0.2) is 45.9 Å². The number of nitrogens with one attached hydrogen (secondary N) is 2. The molecule has 3 amide bonds. The number of para-hydroxylation sites is 2. The topological polar surface area (TPSA) is 104 Å². The van der Waals surface area contributed by atoms with Gasteiger partial charge >= 0.3 is 6.03 Å². The van der Waals surface area contributed by atoms with E-state index < -0.39 is 6.03 Å². The molecule has 0 bridgehead atoms. The van der Waals surface area contributed by atoms with Crippen LogP contribution >= 0.6 is 0 Å². The number of benzene rings is 1. The summed E-state index contributed by atoms with van der Waals surface area (Å²) in [7, 11) is 0. The fraction of sp³-hybridized carbons (Fsp3) is 0.357. The average Bonchev–Trinajstić information content (AvgIpc) is 2.79. The van der Waals surface area contributed by atoms with E-state index in [0.29, 0.717) is 0 Å². The van der Waals surface area contributed by atoms with Crippen molar-refractivity contribution in [2.45, 2.75) is 18.9 Å². The Morgan fingerprint density at radius 3 is 2.81 bits per heavy atom. The molecule has 1 aromatic carbocycles. The molecule has 21 heavy (non-hydrogen) atoms. The number of hydrogen-bond acceptors (Lipinski definition) is 4. The molecule has 0 radical (unpaired) electrons. The normalized spacial score (nSPS) is 17.4. The minimum atomic E-state index is -0.818. The van der Waals surface area contributed by atoms with E-state index in [1.807, 2.05) is 29.2 Å². The van der Waals surface area contributed by atoms with Gasteiger partial charge < -0.3 is 10.7 Å². The van der Waals surface area contributed by atoms with Crippen molar-refractivity contribution in [1.82, 2.24) is 20.2 Å². The highest BCUT2D eigenvalue weighted by atomic mass is 16.2. The largest absolute Gasteiger partial charge is 0.351 e. The second-order valence-corrected chi connectivity index (χ2v) is 5.32. The first-order valence-corrected chi connectivity index (χ1v) is 6.83. The van der Waals surface area contributed by atoms with Crippen LogP contribution in [0.2, 0.25) is 0 Å². The molecule has 1 unspecified atom stereocenters. The zero-order chi connectivity index (χ0) is 15.0. The van der Waals surface area contributed by atoms with Gasteiger partial charge in [-0.15, -0.1) is 0 Å². The molecule has 0 saturated carbocycles. The van der Waals surface area contributed by atoms with Gasteiger partial charge in [0, 0.05) is 19.0 Å². The number of carbonyl (C=O) groups excluding carboxylic acids is 2. The van der Waals surface area contributed by atoms with Gasteiger partial charge in [0.2, 0.25) is 5.91 Å². The lowest BCUT2D eigenvalue weighted by Crippen LogP contribution is -2.56. The van der Waals surface area contributed by atoms with E-state index in [-0.39, 0.29) is 17.9 Å². The van der Waals surface area contributed by atoms with Gasteiger partial charge in [-0.3, -0.25) is 15.0 Å². The highest BCUT2D eigenvalue weighted by molar-refractivity contribution is 5.96. The lowest BCUT2D eigenvalue weighted by Gasteiger charge is -2.41. The number of nitrogens with two attached hydrogens (primary N) is 1. The Bertz CT molecular complexity index is 656. The van der Waals surface area contributed by atoms with Crippen LogP contribution in [0.5, 0.6) is 0 Å². The van der Waals surface area contributed by atoms with Gasteiger partial charge in [-0.25, -0.2) is 9.78 Å². The summed E-state index contributed by atoms with van der Waals surface area (Å²) in [5, 5.41) is 2.10. The van der Waals surface area contributed by atoms with Gasteiger partial charge in [0.25, 0.3) is 0 Å². The van der Waals surface area contributed by atoms with E-state index in [4.69, 9.17) is 5.73 Å². The molecule has 0 aliphatic carbocycles. The third kappa shape index (κ3) is 2.59. The van der Waals surface area contributed by atoms with Crippen molar-refractivity contribution < 1.29 is 9.59 Å². The number of hydrogen-bond donors (Lipinski definition) is 3. The zero-order valence-corrected chi connectivity index (χ0v) is 11.7. The lowest BCUT2D eigenvalue weighted by molar-refractivity contribution is -0.126. The number of aromatic nitrogens is 2. The summed E-state index contributed by atoms with van der Waals surface area (Å²) in [6, 6.07) is 6.68. The number of amides is 3. The third-order valence-corrected chi connectivity index (χ3v) is 3.88. The molecular formula is C14H17N5O2. The summed E-state index contributed by atoms with van der Waals surface area (Å²) in [5.41, 5.74) is 6.92. The molecule has 1 aliphatic heterocycles. The van der Waals surface area contributed by atoms with Crippen LogP contribution in [0.3, 0.4) is 0 Å². The number of carbonyl (C=O) groups is 2. The number of nitrogens with zero attached hydrogens (tertiary/aromatic N) is 2. The number of aromatic amines is 1. The minimum absolute atomic E-state index is 0.279.